The summed E-state index contributed by atoms with van der Waals surface area (Å²) in [6, 6.07) is 7.75. The minimum Gasteiger partial charge on any atom is -0.462 e. The molecule has 2 rings (SSSR count). The van der Waals surface area contributed by atoms with Crippen molar-refractivity contribution in [3.05, 3.63) is 52.3 Å². The first kappa shape index (κ1) is 17.8. The van der Waals surface area contributed by atoms with E-state index in [-0.39, 0.29) is 13.2 Å². The Labute approximate surface area is 142 Å². The zero-order valence-electron chi connectivity index (χ0n) is 14.8. The Balaban J connectivity index is 2.71. The first-order valence-corrected chi connectivity index (χ1v) is 8.05. The fourth-order valence-corrected chi connectivity index (χ4v) is 2.80. The van der Waals surface area contributed by atoms with Crippen LogP contribution in [-0.2, 0) is 9.47 Å². The summed E-state index contributed by atoms with van der Waals surface area (Å²) in [5, 5.41) is 0. The first-order chi connectivity index (χ1) is 11.4. The number of ether oxygens (including phenoxy) is 2. The van der Waals surface area contributed by atoms with Crippen molar-refractivity contribution < 1.29 is 19.1 Å². The van der Waals surface area contributed by atoms with Crippen molar-refractivity contribution in [1.29, 1.82) is 0 Å². The molecule has 1 heterocycles. The fraction of sp³-hybridized carbons (Fsp3) is 0.368. The maximum Gasteiger partial charge on any atom is 0.355 e. The minimum atomic E-state index is -0.450. The Bertz CT molecular complexity index is 757. The van der Waals surface area contributed by atoms with E-state index in [0.717, 1.165) is 11.3 Å². The molecule has 0 bridgehead atoms. The molecule has 0 spiro atoms. The van der Waals surface area contributed by atoms with Gasteiger partial charge in [0.2, 0.25) is 0 Å². The molecule has 0 saturated heterocycles. The quantitative estimate of drug-likeness (QED) is 0.784. The van der Waals surface area contributed by atoms with Crippen LogP contribution in [0.15, 0.2) is 24.3 Å². The van der Waals surface area contributed by atoms with Crippen LogP contribution in [-0.4, -0.2) is 29.7 Å². The van der Waals surface area contributed by atoms with Gasteiger partial charge in [0.1, 0.15) is 5.69 Å². The molecule has 1 aromatic heterocycles. The maximum absolute atomic E-state index is 12.5. The van der Waals surface area contributed by atoms with Crippen molar-refractivity contribution in [2.45, 2.75) is 34.6 Å². The number of hydrogen-bond donors (Lipinski definition) is 0. The SMILES string of the molecule is CCOC(=O)c1c(C)c(C(=O)OCC)n(-c2ccc(C)cc2)c1C. The Morgan fingerprint density at radius 3 is 2.00 bits per heavy atom. The van der Waals surface area contributed by atoms with Crippen LogP contribution >= 0.6 is 0 Å². The minimum absolute atomic E-state index is 0.269. The number of hydrogen-bond acceptors (Lipinski definition) is 4. The lowest BCUT2D eigenvalue weighted by Crippen LogP contribution is -2.13. The second kappa shape index (κ2) is 7.34. The molecule has 0 amide bonds. The molecule has 0 atom stereocenters. The van der Waals surface area contributed by atoms with E-state index in [9.17, 15) is 9.59 Å². The second-order valence-corrected chi connectivity index (χ2v) is 5.55. The van der Waals surface area contributed by atoms with Crippen molar-refractivity contribution in [2.75, 3.05) is 13.2 Å². The van der Waals surface area contributed by atoms with Crippen LogP contribution in [0.5, 0.6) is 0 Å². The topological polar surface area (TPSA) is 57.5 Å². The third-order valence-corrected chi connectivity index (χ3v) is 3.89. The number of nitrogens with zero attached hydrogens (tertiary/aromatic N) is 1. The Morgan fingerprint density at radius 2 is 1.46 bits per heavy atom. The predicted molar refractivity (Wildman–Crippen MR) is 91.9 cm³/mol. The summed E-state index contributed by atoms with van der Waals surface area (Å²) in [5.74, 6) is -0.877. The van der Waals surface area contributed by atoms with Gasteiger partial charge < -0.3 is 14.0 Å². The number of rotatable bonds is 5. The molecule has 2 aromatic rings. The lowest BCUT2D eigenvalue weighted by atomic mass is 10.1. The van der Waals surface area contributed by atoms with E-state index >= 15 is 0 Å². The molecule has 0 N–H and O–H groups in total. The fourth-order valence-electron chi connectivity index (χ4n) is 2.80. The van der Waals surface area contributed by atoms with Gasteiger partial charge in [-0.2, -0.15) is 0 Å². The maximum atomic E-state index is 12.5. The van der Waals surface area contributed by atoms with Gasteiger partial charge >= 0.3 is 11.9 Å². The van der Waals surface area contributed by atoms with E-state index in [0.29, 0.717) is 22.5 Å². The molecule has 0 radical (unpaired) electrons. The number of aryl methyl sites for hydroxylation is 1. The van der Waals surface area contributed by atoms with Crippen molar-refractivity contribution in [3.8, 4) is 5.69 Å². The zero-order valence-corrected chi connectivity index (χ0v) is 14.8. The summed E-state index contributed by atoms with van der Waals surface area (Å²) < 4.78 is 12.1. The van der Waals surface area contributed by atoms with E-state index in [1.807, 2.05) is 38.1 Å². The lowest BCUT2D eigenvalue weighted by molar-refractivity contribution is 0.0514. The van der Waals surface area contributed by atoms with Gasteiger partial charge in [-0.15, -0.1) is 0 Å². The highest BCUT2D eigenvalue weighted by Gasteiger charge is 2.28. The number of aromatic nitrogens is 1. The second-order valence-electron chi connectivity index (χ2n) is 5.55. The third-order valence-electron chi connectivity index (χ3n) is 3.89. The van der Waals surface area contributed by atoms with Gasteiger partial charge in [-0.1, -0.05) is 17.7 Å². The molecule has 0 aliphatic heterocycles. The smallest absolute Gasteiger partial charge is 0.355 e. The van der Waals surface area contributed by atoms with Crippen LogP contribution in [0.4, 0.5) is 0 Å². The van der Waals surface area contributed by atoms with Crippen LogP contribution in [0.3, 0.4) is 0 Å². The van der Waals surface area contributed by atoms with Crippen molar-refractivity contribution in [1.82, 2.24) is 4.57 Å². The largest absolute Gasteiger partial charge is 0.462 e. The highest BCUT2D eigenvalue weighted by Crippen LogP contribution is 2.28. The summed E-state index contributed by atoms with van der Waals surface area (Å²) in [6.45, 7) is 9.61. The third kappa shape index (κ3) is 3.20. The molecule has 24 heavy (non-hydrogen) atoms. The molecule has 0 unspecified atom stereocenters. The Hall–Kier alpha value is -2.56. The summed E-state index contributed by atoms with van der Waals surface area (Å²) >= 11 is 0. The average Bonchev–Trinajstić information content (AvgIpc) is 2.79. The van der Waals surface area contributed by atoms with E-state index in [4.69, 9.17) is 9.47 Å². The van der Waals surface area contributed by atoms with Gasteiger partial charge in [-0.25, -0.2) is 9.59 Å². The first-order valence-electron chi connectivity index (χ1n) is 8.05. The number of benzene rings is 1. The highest BCUT2D eigenvalue weighted by atomic mass is 16.5. The van der Waals surface area contributed by atoms with E-state index < -0.39 is 11.9 Å². The van der Waals surface area contributed by atoms with Crippen LogP contribution in [0.1, 0.15) is 51.5 Å². The number of carbonyl (C=O) groups excluding carboxylic acids is 2. The summed E-state index contributed by atoms with van der Waals surface area (Å²) in [5.41, 5.74) is 3.94. The van der Waals surface area contributed by atoms with Gasteiger partial charge in [0.25, 0.3) is 0 Å². The van der Waals surface area contributed by atoms with Gasteiger partial charge in [-0.3, -0.25) is 0 Å². The van der Waals surface area contributed by atoms with Gasteiger partial charge in [0.05, 0.1) is 18.8 Å². The molecule has 0 fully saturated rings. The monoisotopic (exact) mass is 329 g/mol. The molecule has 5 heteroatoms. The average molecular weight is 329 g/mol. The van der Waals surface area contributed by atoms with Crippen LogP contribution in [0.2, 0.25) is 0 Å². The van der Waals surface area contributed by atoms with E-state index in [2.05, 4.69) is 0 Å². The number of carbonyl (C=O) groups is 2. The van der Waals surface area contributed by atoms with Crippen LogP contribution in [0.25, 0.3) is 5.69 Å². The van der Waals surface area contributed by atoms with Crippen molar-refractivity contribution >= 4 is 11.9 Å². The molecule has 0 aliphatic rings. The van der Waals surface area contributed by atoms with Crippen LogP contribution in [0, 0.1) is 20.8 Å². The van der Waals surface area contributed by atoms with Gasteiger partial charge in [-0.05, 0) is 52.3 Å². The lowest BCUT2D eigenvalue weighted by Gasteiger charge is -2.12. The van der Waals surface area contributed by atoms with Crippen molar-refractivity contribution in [2.24, 2.45) is 0 Å². The molecule has 0 saturated carbocycles. The predicted octanol–water partition coefficient (Wildman–Crippen LogP) is 3.76. The van der Waals surface area contributed by atoms with E-state index in [1.54, 1.807) is 25.3 Å². The summed E-state index contributed by atoms with van der Waals surface area (Å²) in [4.78, 5) is 24.8. The van der Waals surface area contributed by atoms with Crippen molar-refractivity contribution in [3.63, 3.8) is 0 Å². The van der Waals surface area contributed by atoms with Crippen LogP contribution < -0.4 is 0 Å². The zero-order chi connectivity index (χ0) is 17.9. The summed E-state index contributed by atoms with van der Waals surface area (Å²) in [6.07, 6.45) is 0. The van der Waals surface area contributed by atoms with E-state index in [1.165, 1.54) is 0 Å². The Morgan fingerprint density at radius 1 is 0.917 bits per heavy atom. The molecular formula is C19H23NO4. The molecule has 128 valence electrons. The summed E-state index contributed by atoms with van der Waals surface area (Å²) in [7, 11) is 0. The number of esters is 2. The standard InChI is InChI=1S/C19H23NO4/c1-6-23-18(21)16-13(4)17(19(22)24-7-2)20(14(16)5)15-10-8-12(3)9-11-15/h8-11H,6-7H2,1-5H3. The van der Waals surface area contributed by atoms with Gasteiger partial charge in [0.15, 0.2) is 0 Å². The molecule has 5 nitrogen and oxygen atoms in total. The molecular weight excluding hydrogens is 306 g/mol. The normalized spacial score (nSPS) is 10.5. The highest BCUT2D eigenvalue weighted by molar-refractivity contribution is 5.99. The van der Waals surface area contributed by atoms with Gasteiger partial charge in [0, 0.05) is 11.4 Å². The Kier molecular flexibility index (Phi) is 5.44. The molecule has 0 aliphatic carbocycles. The molecule has 1 aromatic carbocycles.